The van der Waals surface area contributed by atoms with E-state index in [4.69, 9.17) is 4.74 Å². The Morgan fingerprint density at radius 1 is 1.24 bits per heavy atom. The Bertz CT molecular complexity index is 664. The SMILES string of the molecule is CCNC(=NCc1csc(C(C)C)n1)NCCc1ccc(OC)cc1. The van der Waals surface area contributed by atoms with Crippen LogP contribution in [0.1, 0.15) is 43.0 Å². The molecule has 0 aliphatic rings. The first-order chi connectivity index (χ1) is 12.1. The van der Waals surface area contributed by atoms with Crippen molar-refractivity contribution in [3.8, 4) is 5.75 Å². The second-order valence-electron chi connectivity index (χ2n) is 6.05. The van der Waals surface area contributed by atoms with Crippen LogP contribution in [-0.2, 0) is 13.0 Å². The molecule has 5 nitrogen and oxygen atoms in total. The molecule has 6 heteroatoms. The largest absolute Gasteiger partial charge is 0.497 e. The lowest BCUT2D eigenvalue weighted by Gasteiger charge is -2.11. The minimum absolute atomic E-state index is 0.471. The van der Waals surface area contributed by atoms with Crippen molar-refractivity contribution in [2.24, 2.45) is 4.99 Å². The molecular formula is C19H28N4OS. The van der Waals surface area contributed by atoms with Gasteiger partial charge in [-0.1, -0.05) is 26.0 Å². The number of ether oxygens (including phenoxy) is 1. The van der Waals surface area contributed by atoms with E-state index in [1.807, 2.05) is 12.1 Å². The number of aromatic nitrogens is 1. The normalized spacial score (nSPS) is 11.6. The molecule has 2 N–H and O–H groups in total. The number of guanidine groups is 1. The van der Waals surface area contributed by atoms with Gasteiger partial charge in [0.25, 0.3) is 0 Å². The fourth-order valence-electron chi connectivity index (χ4n) is 2.28. The zero-order chi connectivity index (χ0) is 18.1. The minimum Gasteiger partial charge on any atom is -0.497 e. The van der Waals surface area contributed by atoms with Crippen molar-refractivity contribution in [2.75, 3.05) is 20.2 Å². The van der Waals surface area contributed by atoms with E-state index in [2.05, 4.69) is 58.9 Å². The van der Waals surface area contributed by atoms with Gasteiger partial charge in [0.15, 0.2) is 5.96 Å². The van der Waals surface area contributed by atoms with Crippen LogP contribution in [0.5, 0.6) is 5.75 Å². The first-order valence-corrected chi connectivity index (χ1v) is 9.59. The van der Waals surface area contributed by atoms with Gasteiger partial charge in [0.1, 0.15) is 5.75 Å². The third kappa shape index (κ3) is 6.38. The van der Waals surface area contributed by atoms with Gasteiger partial charge in [0, 0.05) is 24.4 Å². The van der Waals surface area contributed by atoms with E-state index in [1.54, 1.807) is 18.4 Å². The van der Waals surface area contributed by atoms with Crippen LogP contribution in [0.2, 0.25) is 0 Å². The molecule has 0 bridgehead atoms. The maximum Gasteiger partial charge on any atom is 0.191 e. The van der Waals surface area contributed by atoms with Crippen molar-refractivity contribution in [1.82, 2.24) is 15.6 Å². The Morgan fingerprint density at radius 2 is 2.00 bits per heavy atom. The second-order valence-corrected chi connectivity index (χ2v) is 6.94. The van der Waals surface area contributed by atoms with Crippen molar-refractivity contribution >= 4 is 17.3 Å². The lowest BCUT2D eigenvalue weighted by atomic mass is 10.1. The van der Waals surface area contributed by atoms with Crippen LogP contribution in [0.25, 0.3) is 0 Å². The van der Waals surface area contributed by atoms with E-state index in [-0.39, 0.29) is 0 Å². The smallest absolute Gasteiger partial charge is 0.191 e. The highest BCUT2D eigenvalue weighted by atomic mass is 32.1. The Labute approximate surface area is 154 Å². The molecular weight excluding hydrogens is 332 g/mol. The van der Waals surface area contributed by atoms with E-state index in [9.17, 15) is 0 Å². The molecule has 0 atom stereocenters. The van der Waals surface area contributed by atoms with Crippen molar-refractivity contribution in [1.29, 1.82) is 0 Å². The topological polar surface area (TPSA) is 58.5 Å². The van der Waals surface area contributed by atoms with Crippen LogP contribution in [-0.4, -0.2) is 31.1 Å². The molecule has 0 spiro atoms. The van der Waals surface area contributed by atoms with Gasteiger partial charge >= 0.3 is 0 Å². The van der Waals surface area contributed by atoms with Gasteiger partial charge in [0.05, 0.1) is 24.4 Å². The summed E-state index contributed by atoms with van der Waals surface area (Å²) < 4.78 is 5.18. The molecule has 0 fully saturated rings. The lowest BCUT2D eigenvalue weighted by Crippen LogP contribution is -2.38. The van der Waals surface area contributed by atoms with Gasteiger partial charge in [-0.05, 0) is 31.0 Å². The van der Waals surface area contributed by atoms with Crippen molar-refractivity contribution in [3.05, 3.63) is 45.9 Å². The number of rotatable bonds is 8. The van der Waals surface area contributed by atoms with E-state index >= 15 is 0 Å². The highest BCUT2D eigenvalue weighted by Gasteiger charge is 2.06. The number of hydrogen-bond acceptors (Lipinski definition) is 4. The molecule has 136 valence electrons. The Balaban J connectivity index is 1.85. The number of methoxy groups -OCH3 is 1. The Morgan fingerprint density at radius 3 is 2.60 bits per heavy atom. The van der Waals surface area contributed by atoms with Crippen LogP contribution in [0.3, 0.4) is 0 Å². The van der Waals surface area contributed by atoms with Crippen LogP contribution in [0, 0.1) is 0 Å². The number of thiazole rings is 1. The Hall–Kier alpha value is -2.08. The average molecular weight is 361 g/mol. The van der Waals surface area contributed by atoms with Gasteiger partial charge in [-0.25, -0.2) is 9.98 Å². The van der Waals surface area contributed by atoms with Crippen LogP contribution >= 0.6 is 11.3 Å². The monoisotopic (exact) mass is 360 g/mol. The highest BCUT2D eigenvalue weighted by Crippen LogP contribution is 2.19. The summed E-state index contributed by atoms with van der Waals surface area (Å²) in [5.74, 6) is 2.18. The van der Waals surface area contributed by atoms with E-state index in [1.165, 1.54) is 10.6 Å². The van der Waals surface area contributed by atoms with E-state index in [0.29, 0.717) is 12.5 Å². The summed E-state index contributed by atoms with van der Waals surface area (Å²) in [7, 11) is 1.68. The zero-order valence-electron chi connectivity index (χ0n) is 15.5. The molecule has 1 heterocycles. The standard InChI is InChI=1S/C19H28N4OS/c1-5-20-19(22-12-16-13-25-18(23-16)14(2)3)21-11-10-15-6-8-17(24-4)9-7-15/h6-9,13-14H,5,10-12H2,1-4H3,(H2,20,21,22). The fraction of sp³-hybridized carbons (Fsp3) is 0.474. The van der Waals surface area contributed by atoms with Crippen molar-refractivity contribution in [3.63, 3.8) is 0 Å². The molecule has 0 unspecified atom stereocenters. The fourth-order valence-corrected chi connectivity index (χ4v) is 3.11. The second kappa shape index (κ2) is 10.0. The molecule has 0 aliphatic heterocycles. The molecule has 0 radical (unpaired) electrons. The predicted molar refractivity (Wildman–Crippen MR) is 106 cm³/mol. The number of nitrogens with one attached hydrogen (secondary N) is 2. The first kappa shape index (κ1) is 19.2. The van der Waals surface area contributed by atoms with Crippen molar-refractivity contribution in [2.45, 2.75) is 39.7 Å². The number of benzene rings is 1. The summed E-state index contributed by atoms with van der Waals surface area (Å²) in [5.41, 5.74) is 2.30. The zero-order valence-corrected chi connectivity index (χ0v) is 16.3. The van der Waals surface area contributed by atoms with Crippen LogP contribution < -0.4 is 15.4 Å². The first-order valence-electron chi connectivity index (χ1n) is 8.71. The van der Waals surface area contributed by atoms with Crippen molar-refractivity contribution < 1.29 is 4.74 Å². The number of nitrogens with zero attached hydrogens (tertiary/aromatic N) is 2. The summed E-state index contributed by atoms with van der Waals surface area (Å²) in [6, 6.07) is 8.16. The third-order valence-electron chi connectivity index (χ3n) is 3.67. The van der Waals surface area contributed by atoms with E-state index < -0.39 is 0 Å². The molecule has 0 aliphatic carbocycles. The highest BCUT2D eigenvalue weighted by molar-refractivity contribution is 7.09. The summed E-state index contributed by atoms with van der Waals surface area (Å²) in [4.78, 5) is 9.26. The summed E-state index contributed by atoms with van der Waals surface area (Å²) in [5, 5.41) is 9.93. The molecule has 25 heavy (non-hydrogen) atoms. The predicted octanol–water partition coefficient (Wildman–Crippen LogP) is 3.57. The maximum absolute atomic E-state index is 5.18. The summed E-state index contributed by atoms with van der Waals surface area (Å²) in [6.07, 6.45) is 0.933. The Kier molecular flexibility index (Phi) is 7.73. The molecule has 2 aromatic rings. The van der Waals surface area contributed by atoms with Gasteiger partial charge < -0.3 is 15.4 Å². The number of aliphatic imine (C=N–C) groups is 1. The maximum atomic E-state index is 5.18. The van der Waals surface area contributed by atoms with Gasteiger partial charge in [-0.15, -0.1) is 11.3 Å². The third-order valence-corrected chi connectivity index (χ3v) is 4.87. The molecule has 0 amide bonds. The minimum atomic E-state index is 0.471. The van der Waals surface area contributed by atoms with Crippen LogP contribution in [0.4, 0.5) is 0 Å². The summed E-state index contributed by atoms with van der Waals surface area (Å²) in [6.45, 7) is 8.66. The number of hydrogen-bond donors (Lipinski definition) is 2. The van der Waals surface area contributed by atoms with E-state index in [0.717, 1.165) is 36.9 Å². The molecule has 0 saturated heterocycles. The summed E-state index contributed by atoms with van der Waals surface area (Å²) >= 11 is 1.71. The average Bonchev–Trinajstić information content (AvgIpc) is 3.09. The molecule has 1 aromatic carbocycles. The molecule has 0 saturated carbocycles. The van der Waals surface area contributed by atoms with Gasteiger partial charge in [-0.2, -0.15) is 0 Å². The van der Waals surface area contributed by atoms with Crippen LogP contribution in [0.15, 0.2) is 34.6 Å². The van der Waals surface area contributed by atoms with Gasteiger partial charge in [0.2, 0.25) is 0 Å². The lowest BCUT2D eigenvalue weighted by molar-refractivity contribution is 0.414. The quantitative estimate of drug-likeness (QED) is 0.558. The molecule has 1 aromatic heterocycles. The van der Waals surface area contributed by atoms with Gasteiger partial charge in [-0.3, -0.25) is 0 Å². The molecule has 2 rings (SSSR count).